The van der Waals surface area contributed by atoms with E-state index in [4.69, 9.17) is 9.72 Å². The third-order valence-electron chi connectivity index (χ3n) is 6.54. The molecule has 1 saturated heterocycles. The normalized spacial score (nSPS) is 18.1. The van der Waals surface area contributed by atoms with Crippen molar-refractivity contribution < 1.29 is 9.13 Å². The van der Waals surface area contributed by atoms with E-state index >= 15 is 4.39 Å². The van der Waals surface area contributed by atoms with E-state index in [1.807, 2.05) is 19.1 Å². The van der Waals surface area contributed by atoms with Gasteiger partial charge in [-0.25, -0.2) is 4.39 Å². The lowest BCUT2D eigenvalue weighted by molar-refractivity contribution is 0.310. The lowest BCUT2D eigenvalue weighted by Gasteiger charge is -2.32. The SMILES string of the molecule is CC1=Cc2c(ccc(Oc3cc(NC4=NCC(C(C)C)=C4)nc(N4CCN(C)CC4)n3)c2F)C1. The van der Waals surface area contributed by atoms with E-state index in [1.54, 1.807) is 12.1 Å². The molecule has 2 aromatic rings. The maximum Gasteiger partial charge on any atom is 0.230 e. The van der Waals surface area contributed by atoms with Gasteiger partial charge in [0.05, 0.1) is 6.54 Å². The summed E-state index contributed by atoms with van der Waals surface area (Å²) in [5, 5.41) is 3.30. The highest BCUT2D eigenvalue weighted by molar-refractivity contribution is 6.05. The van der Waals surface area contributed by atoms with Crippen molar-refractivity contribution in [2.24, 2.45) is 10.9 Å². The van der Waals surface area contributed by atoms with Crippen LogP contribution in [-0.4, -0.2) is 60.5 Å². The van der Waals surface area contributed by atoms with Crippen LogP contribution in [0.2, 0.25) is 0 Å². The van der Waals surface area contributed by atoms with Crippen LogP contribution >= 0.6 is 0 Å². The van der Waals surface area contributed by atoms with E-state index in [1.165, 1.54) is 5.57 Å². The van der Waals surface area contributed by atoms with Gasteiger partial charge in [-0.15, -0.1) is 0 Å². The Morgan fingerprint density at radius 1 is 1.09 bits per heavy atom. The molecule has 0 bridgehead atoms. The number of benzene rings is 1. The number of amidine groups is 1. The van der Waals surface area contributed by atoms with Crippen molar-refractivity contribution in [3.8, 4) is 11.6 Å². The number of aromatic nitrogens is 2. The highest BCUT2D eigenvalue weighted by Gasteiger charge is 2.22. The Bertz CT molecular complexity index is 1190. The smallest absolute Gasteiger partial charge is 0.230 e. The molecule has 1 N–H and O–H groups in total. The second kappa shape index (κ2) is 9.18. The van der Waals surface area contributed by atoms with E-state index in [0.29, 0.717) is 35.7 Å². The number of nitrogens with zero attached hydrogens (tertiary/aromatic N) is 5. The molecule has 5 rings (SSSR count). The molecule has 1 aromatic heterocycles. The molecule has 8 heteroatoms. The summed E-state index contributed by atoms with van der Waals surface area (Å²) < 4.78 is 21.2. The summed E-state index contributed by atoms with van der Waals surface area (Å²) >= 11 is 0. The maximum absolute atomic E-state index is 15.2. The molecule has 7 nitrogen and oxygen atoms in total. The minimum atomic E-state index is -0.353. The first-order chi connectivity index (χ1) is 16.4. The van der Waals surface area contributed by atoms with Gasteiger partial charge in [-0.3, -0.25) is 4.99 Å². The van der Waals surface area contributed by atoms with E-state index in [9.17, 15) is 0 Å². The largest absolute Gasteiger partial charge is 0.436 e. The Hall–Kier alpha value is -3.26. The predicted octanol–water partition coefficient (Wildman–Crippen LogP) is 4.53. The molecule has 178 valence electrons. The Morgan fingerprint density at radius 3 is 2.62 bits per heavy atom. The van der Waals surface area contributed by atoms with Crippen LogP contribution < -0.4 is 15.0 Å². The fraction of sp³-hybridized carbons (Fsp3) is 0.423. The van der Waals surface area contributed by atoms with E-state index in [2.05, 4.69) is 52.1 Å². The Kier molecular flexibility index (Phi) is 6.08. The number of likely N-dealkylation sites (N-methyl/N-ethyl adjacent to an activating group) is 1. The van der Waals surface area contributed by atoms with Gasteiger partial charge in [-0.05, 0) is 49.6 Å². The minimum absolute atomic E-state index is 0.166. The molecule has 0 amide bonds. The number of nitrogens with one attached hydrogen (secondary N) is 1. The van der Waals surface area contributed by atoms with Crippen molar-refractivity contribution >= 4 is 23.7 Å². The van der Waals surface area contributed by atoms with Crippen molar-refractivity contribution in [1.82, 2.24) is 14.9 Å². The molecule has 0 saturated carbocycles. The summed E-state index contributed by atoms with van der Waals surface area (Å²) in [5.41, 5.74) is 4.00. The first-order valence-corrected chi connectivity index (χ1v) is 11.9. The highest BCUT2D eigenvalue weighted by Crippen LogP contribution is 2.34. The number of piperazine rings is 1. The molecule has 3 aliphatic rings. The summed E-state index contributed by atoms with van der Waals surface area (Å²) in [7, 11) is 2.11. The van der Waals surface area contributed by atoms with Crippen molar-refractivity contribution in [1.29, 1.82) is 0 Å². The molecule has 1 aromatic carbocycles. The molecule has 1 aliphatic carbocycles. The van der Waals surface area contributed by atoms with Gasteiger partial charge in [0.25, 0.3) is 0 Å². The molecule has 1 fully saturated rings. The van der Waals surface area contributed by atoms with Gasteiger partial charge >= 0.3 is 0 Å². The van der Waals surface area contributed by atoms with Crippen LogP contribution in [0.3, 0.4) is 0 Å². The molecule has 2 aliphatic heterocycles. The van der Waals surface area contributed by atoms with E-state index in [-0.39, 0.29) is 11.6 Å². The number of rotatable bonds is 5. The Morgan fingerprint density at radius 2 is 1.88 bits per heavy atom. The number of aliphatic imine (C=N–C) groups is 1. The van der Waals surface area contributed by atoms with Crippen LogP contribution in [0.5, 0.6) is 11.6 Å². The summed E-state index contributed by atoms with van der Waals surface area (Å²) in [5.74, 6) is 2.46. The second-order valence-corrected chi connectivity index (χ2v) is 9.60. The van der Waals surface area contributed by atoms with Crippen LogP contribution in [0.1, 0.15) is 31.9 Å². The summed E-state index contributed by atoms with van der Waals surface area (Å²) in [4.78, 5) is 18.4. The highest BCUT2D eigenvalue weighted by atomic mass is 19.1. The number of halogens is 1. The fourth-order valence-electron chi connectivity index (χ4n) is 4.39. The van der Waals surface area contributed by atoms with Gasteiger partial charge in [0.2, 0.25) is 11.8 Å². The van der Waals surface area contributed by atoms with Crippen LogP contribution in [-0.2, 0) is 6.42 Å². The molecule has 34 heavy (non-hydrogen) atoms. The number of hydrogen-bond acceptors (Lipinski definition) is 7. The van der Waals surface area contributed by atoms with Crippen molar-refractivity contribution in [2.75, 3.05) is 50.0 Å². The molecule has 0 atom stereocenters. The number of allylic oxidation sites excluding steroid dienone is 1. The number of ether oxygens (including phenoxy) is 1. The van der Waals surface area contributed by atoms with Gasteiger partial charge in [-0.1, -0.05) is 31.6 Å². The van der Waals surface area contributed by atoms with E-state index in [0.717, 1.165) is 49.6 Å². The van der Waals surface area contributed by atoms with Crippen molar-refractivity contribution in [3.05, 3.63) is 52.4 Å². The minimum Gasteiger partial charge on any atom is -0.436 e. The maximum atomic E-state index is 15.2. The van der Waals surface area contributed by atoms with Crippen LogP contribution in [0.15, 0.2) is 40.4 Å². The quantitative estimate of drug-likeness (QED) is 0.705. The molecular weight excluding hydrogens is 431 g/mol. The monoisotopic (exact) mass is 462 g/mol. The molecule has 3 heterocycles. The van der Waals surface area contributed by atoms with Crippen molar-refractivity contribution in [3.63, 3.8) is 0 Å². The molecule has 0 radical (unpaired) electrons. The van der Waals surface area contributed by atoms with Gasteiger partial charge in [0, 0.05) is 37.8 Å². The molecule has 0 unspecified atom stereocenters. The third-order valence-corrected chi connectivity index (χ3v) is 6.54. The number of hydrogen-bond donors (Lipinski definition) is 1. The topological polar surface area (TPSA) is 65.9 Å². The summed E-state index contributed by atoms with van der Waals surface area (Å²) in [6.07, 6.45) is 4.73. The first-order valence-electron chi connectivity index (χ1n) is 11.9. The fourth-order valence-corrected chi connectivity index (χ4v) is 4.39. The number of fused-ring (bicyclic) bond motifs is 1. The zero-order valence-corrected chi connectivity index (χ0v) is 20.2. The van der Waals surface area contributed by atoms with Gasteiger partial charge in [0.1, 0.15) is 11.7 Å². The van der Waals surface area contributed by atoms with Crippen LogP contribution in [0, 0.1) is 11.7 Å². The van der Waals surface area contributed by atoms with Gasteiger partial charge in [0.15, 0.2) is 11.6 Å². The summed E-state index contributed by atoms with van der Waals surface area (Å²) in [6.45, 7) is 10.5. The average molecular weight is 463 g/mol. The van der Waals surface area contributed by atoms with Crippen LogP contribution in [0.25, 0.3) is 6.08 Å². The molecule has 0 spiro atoms. The number of anilines is 2. The lowest BCUT2D eigenvalue weighted by atomic mass is 10.0. The first kappa shape index (κ1) is 22.5. The lowest BCUT2D eigenvalue weighted by Crippen LogP contribution is -2.45. The second-order valence-electron chi connectivity index (χ2n) is 9.60. The Balaban J connectivity index is 1.45. The average Bonchev–Trinajstić information content (AvgIpc) is 3.43. The standard InChI is InChI=1S/C26H31FN6O/c1-16(2)19-13-22(28-15-19)29-23-14-24(31-26(30-23)33-9-7-32(4)8-10-33)34-21-6-5-18-11-17(3)12-20(18)25(21)27/h5-6,12-14,16H,7-11,15H2,1-4H3,(H,28,29,30,31). The van der Waals surface area contributed by atoms with Crippen LogP contribution in [0.4, 0.5) is 16.2 Å². The third kappa shape index (κ3) is 4.68. The predicted molar refractivity (Wildman–Crippen MR) is 134 cm³/mol. The zero-order valence-electron chi connectivity index (χ0n) is 20.2. The van der Waals surface area contributed by atoms with Gasteiger partial charge in [-0.2, -0.15) is 9.97 Å². The van der Waals surface area contributed by atoms with Gasteiger partial charge < -0.3 is 19.9 Å². The molecular formula is C26H31FN6O. The summed E-state index contributed by atoms with van der Waals surface area (Å²) in [6, 6.07) is 5.31. The Labute approximate surface area is 200 Å². The van der Waals surface area contributed by atoms with E-state index < -0.39 is 0 Å². The zero-order chi connectivity index (χ0) is 23.8. The van der Waals surface area contributed by atoms with Crippen molar-refractivity contribution in [2.45, 2.75) is 27.2 Å².